The van der Waals surface area contributed by atoms with E-state index in [0.29, 0.717) is 5.56 Å². The van der Waals surface area contributed by atoms with E-state index in [1.165, 1.54) is 26.2 Å². The zero-order valence-corrected chi connectivity index (χ0v) is 24.5. The number of esters is 1. The van der Waals surface area contributed by atoms with Gasteiger partial charge in [-0.15, -0.1) is 0 Å². The molecular weight excluding hydrogens is 534 g/mol. The fraction of sp³-hybridized carbons (Fsp3) is 0.571. The van der Waals surface area contributed by atoms with Crippen LogP contribution in [0.15, 0.2) is 24.3 Å². The van der Waals surface area contributed by atoms with Crippen LogP contribution >= 0.6 is 0 Å². The normalized spacial score (nSPS) is 13.0. The van der Waals surface area contributed by atoms with Crippen LogP contribution in [0.4, 0.5) is 0 Å². The third-order valence-corrected chi connectivity index (χ3v) is 5.84. The predicted molar refractivity (Wildman–Crippen MR) is 150 cm³/mol. The predicted octanol–water partition coefficient (Wildman–Crippen LogP) is -0.0934. The smallest absolute Gasteiger partial charge is 0.325 e. The highest BCUT2D eigenvalue weighted by molar-refractivity contribution is 5.95. The summed E-state index contributed by atoms with van der Waals surface area (Å²) in [5.41, 5.74) is 0.631. The number of phenols is 1. The Kier molecular flexibility index (Phi) is 14.9. The molecule has 0 aliphatic heterocycles. The molecule has 0 bridgehead atoms. The van der Waals surface area contributed by atoms with Crippen molar-refractivity contribution in [2.24, 2.45) is 11.8 Å². The minimum atomic E-state index is -1.11. The van der Waals surface area contributed by atoms with Crippen molar-refractivity contribution >= 4 is 35.5 Å². The second kappa shape index (κ2) is 17.5. The molecule has 13 nitrogen and oxygen atoms in total. The molecule has 1 aromatic carbocycles. The number of hydrogen-bond acceptors (Lipinski definition) is 8. The molecule has 1 rings (SSSR count). The van der Waals surface area contributed by atoms with Crippen LogP contribution in [0.2, 0.25) is 0 Å². The van der Waals surface area contributed by atoms with Crippen LogP contribution < -0.4 is 26.6 Å². The highest BCUT2D eigenvalue weighted by Gasteiger charge is 2.30. The Morgan fingerprint density at radius 3 is 1.73 bits per heavy atom. The lowest BCUT2D eigenvalue weighted by Gasteiger charge is -2.27. The first-order valence-electron chi connectivity index (χ1n) is 13.5. The first-order chi connectivity index (χ1) is 19.2. The maximum atomic E-state index is 13.4. The number of phenolic OH excluding ortho intramolecular Hbond substituents is 1. The number of nitrogens with one attached hydrogen (secondary N) is 5. The summed E-state index contributed by atoms with van der Waals surface area (Å²) in [6.07, 6.45) is 0.561. The van der Waals surface area contributed by atoms with E-state index in [4.69, 9.17) is 0 Å². The van der Waals surface area contributed by atoms with Crippen LogP contribution in [0.25, 0.3) is 0 Å². The fourth-order valence-corrected chi connectivity index (χ4v) is 3.83. The van der Waals surface area contributed by atoms with E-state index in [2.05, 4.69) is 31.3 Å². The Morgan fingerprint density at radius 1 is 0.732 bits per heavy atom. The molecule has 5 amide bonds. The minimum Gasteiger partial charge on any atom is -0.508 e. The second-order valence-corrected chi connectivity index (χ2v) is 10.6. The summed E-state index contributed by atoms with van der Waals surface area (Å²) in [5, 5.41) is 22.4. The second-order valence-electron chi connectivity index (χ2n) is 10.6. The van der Waals surface area contributed by atoms with Crippen LogP contribution in [-0.4, -0.2) is 78.9 Å². The van der Waals surface area contributed by atoms with Gasteiger partial charge in [-0.3, -0.25) is 28.8 Å². The SMILES string of the molecule is COC(=O)CNC(=O)[C@H](CC(C)C)NC(=O)[C@H](CC(C)C)NC(=O)[C@H](Cc1ccc(O)cc1)NC(=O)CNC(C)=O. The van der Waals surface area contributed by atoms with E-state index in [-0.39, 0.29) is 49.9 Å². The first kappa shape index (κ1) is 34.9. The van der Waals surface area contributed by atoms with Crippen molar-refractivity contribution in [3.8, 4) is 5.75 Å². The van der Waals surface area contributed by atoms with Crippen molar-refractivity contribution in [1.29, 1.82) is 0 Å². The summed E-state index contributed by atoms with van der Waals surface area (Å²) in [4.78, 5) is 74.7. The lowest BCUT2D eigenvalue weighted by Crippen LogP contribution is -2.58. The van der Waals surface area contributed by atoms with Gasteiger partial charge in [0.1, 0.15) is 30.4 Å². The van der Waals surface area contributed by atoms with Crippen LogP contribution in [0.3, 0.4) is 0 Å². The molecule has 0 fully saturated rings. The van der Waals surface area contributed by atoms with Crippen LogP contribution in [0.5, 0.6) is 5.75 Å². The number of amides is 5. The van der Waals surface area contributed by atoms with E-state index in [1.807, 2.05) is 27.7 Å². The summed E-state index contributed by atoms with van der Waals surface area (Å²) < 4.78 is 4.54. The minimum absolute atomic E-state index is 0.0207. The van der Waals surface area contributed by atoms with Gasteiger partial charge in [-0.25, -0.2) is 0 Å². The molecule has 6 N–H and O–H groups in total. The monoisotopic (exact) mass is 577 g/mol. The molecule has 228 valence electrons. The molecular formula is C28H43N5O8. The van der Waals surface area contributed by atoms with Gasteiger partial charge in [0, 0.05) is 13.3 Å². The molecule has 0 spiro atoms. The highest BCUT2D eigenvalue weighted by Crippen LogP contribution is 2.13. The molecule has 0 saturated heterocycles. The Bertz CT molecular complexity index is 1060. The quantitative estimate of drug-likeness (QED) is 0.147. The lowest BCUT2D eigenvalue weighted by atomic mass is 9.99. The van der Waals surface area contributed by atoms with E-state index in [0.717, 1.165) is 0 Å². The van der Waals surface area contributed by atoms with E-state index in [9.17, 15) is 33.9 Å². The Balaban J connectivity index is 3.13. The molecule has 0 unspecified atom stereocenters. The Morgan fingerprint density at radius 2 is 1.24 bits per heavy atom. The largest absolute Gasteiger partial charge is 0.508 e. The molecule has 0 saturated carbocycles. The third-order valence-electron chi connectivity index (χ3n) is 5.84. The molecule has 0 radical (unpaired) electrons. The maximum Gasteiger partial charge on any atom is 0.325 e. The zero-order chi connectivity index (χ0) is 31.1. The zero-order valence-electron chi connectivity index (χ0n) is 24.5. The first-order valence-corrected chi connectivity index (χ1v) is 13.5. The summed E-state index contributed by atoms with van der Waals surface area (Å²) in [6, 6.07) is 2.95. The van der Waals surface area contributed by atoms with Gasteiger partial charge in [0.2, 0.25) is 29.5 Å². The van der Waals surface area contributed by atoms with Crippen molar-refractivity contribution in [2.45, 2.75) is 72.0 Å². The van der Waals surface area contributed by atoms with Crippen molar-refractivity contribution in [3.63, 3.8) is 0 Å². The molecule has 1 aromatic rings. The number of benzene rings is 1. The van der Waals surface area contributed by atoms with Gasteiger partial charge in [0.05, 0.1) is 13.7 Å². The molecule has 0 aliphatic carbocycles. The molecule has 0 heterocycles. The van der Waals surface area contributed by atoms with Crippen LogP contribution in [0.1, 0.15) is 53.0 Å². The summed E-state index contributed by atoms with van der Waals surface area (Å²) >= 11 is 0. The summed E-state index contributed by atoms with van der Waals surface area (Å²) in [6.45, 7) is 8.03. The number of aromatic hydroxyl groups is 1. The fourth-order valence-electron chi connectivity index (χ4n) is 3.83. The van der Waals surface area contributed by atoms with Crippen molar-refractivity contribution in [1.82, 2.24) is 26.6 Å². The third kappa shape index (κ3) is 14.2. The average molecular weight is 578 g/mol. The van der Waals surface area contributed by atoms with Crippen LogP contribution in [0, 0.1) is 11.8 Å². The molecule has 0 aliphatic rings. The van der Waals surface area contributed by atoms with Gasteiger partial charge in [-0.1, -0.05) is 39.8 Å². The highest BCUT2D eigenvalue weighted by atomic mass is 16.5. The van der Waals surface area contributed by atoms with Crippen LogP contribution in [-0.2, 0) is 39.9 Å². The molecule has 41 heavy (non-hydrogen) atoms. The molecule has 0 aromatic heterocycles. The molecule has 3 atom stereocenters. The molecule has 13 heteroatoms. The Labute approximate surface area is 240 Å². The number of carbonyl (C=O) groups is 6. The standard InChI is InChI=1S/C28H43N5O8/c1-16(2)11-21(26(38)30-15-25(37)41-6)32-27(39)22(12-17(3)4)33-28(40)23(31-24(36)14-29-18(5)34)13-19-7-9-20(35)10-8-19/h7-10,16-17,21-23,35H,11-15H2,1-6H3,(H,29,34)(H,30,38)(H,31,36)(H,32,39)(H,33,40)/t21-,22-,23-/m0/s1. The van der Waals surface area contributed by atoms with E-state index >= 15 is 0 Å². The number of rotatable bonds is 16. The van der Waals surface area contributed by atoms with E-state index < -0.39 is 53.6 Å². The van der Waals surface area contributed by atoms with Gasteiger partial charge in [0.15, 0.2) is 0 Å². The van der Waals surface area contributed by atoms with Gasteiger partial charge >= 0.3 is 5.97 Å². The topological polar surface area (TPSA) is 192 Å². The maximum absolute atomic E-state index is 13.4. The van der Waals surface area contributed by atoms with Crippen molar-refractivity contribution in [2.75, 3.05) is 20.2 Å². The van der Waals surface area contributed by atoms with Gasteiger partial charge < -0.3 is 36.4 Å². The lowest BCUT2D eigenvalue weighted by molar-refractivity contribution is -0.141. The van der Waals surface area contributed by atoms with Crippen molar-refractivity contribution in [3.05, 3.63) is 29.8 Å². The number of hydrogen-bond donors (Lipinski definition) is 6. The number of methoxy groups -OCH3 is 1. The van der Waals surface area contributed by atoms with Gasteiger partial charge in [-0.2, -0.15) is 0 Å². The van der Waals surface area contributed by atoms with Gasteiger partial charge in [0.25, 0.3) is 0 Å². The van der Waals surface area contributed by atoms with Crippen molar-refractivity contribution < 1.29 is 38.6 Å². The Hall–Kier alpha value is -4.16. The van der Waals surface area contributed by atoms with Gasteiger partial charge in [-0.05, 0) is 42.4 Å². The average Bonchev–Trinajstić information content (AvgIpc) is 2.89. The summed E-state index contributed by atoms with van der Waals surface area (Å²) in [5.74, 6) is -3.44. The number of carbonyl (C=O) groups excluding carboxylic acids is 6. The summed E-state index contributed by atoms with van der Waals surface area (Å²) in [7, 11) is 1.19. The number of ether oxygens (including phenoxy) is 1. The van der Waals surface area contributed by atoms with E-state index in [1.54, 1.807) is 12.1 Å².